The summed E-state index contributed by atoms with van der Waals surface area (Å²) in [4.78, 5) is 8.38. The van der Waals surface area contributed by atoms with E-state index < -0.39 is 0 Å². The average molecular weight is 436 g/mol. The molecule has 0 bridgehead atoms. The van der Waals surface area contributed by atoms with Crippen molar-refractivity contribution in [2.24, 2.45) is 4.99 Å². The minimum absolute atomic E-state index is 0. The Kier molecular flexibility index (Phi) is 11.2. The standard InChI is InChI=1S/C17H29FN4.HI/c1-6-7-10-22(5)17(19-2)20-12-14-8-9-16(18)15(11-14)13-21(3)4;/h8-9,11H,6-7,10,12-13H2,1-5H3,(H,19,20);1H. The van der Waals surface area contributed by atoms with E-state index in [-0.39, 0.29) is 29.8 Å². The van der Waals surface area contributed by atoms with Gasteiger partial charge in [-0.2, -0.15) is 0 Å². The van der Waals surface area contributed by atoms with Crippen molar-refractivity contribution >= 4 is 29.9 Å². The Hall–Kier alpha value is -0.890. The van der Waals surface area contributed by atoms with Crippen molar-refractivity contribution in [3.05, 3.63) is 35.1 Å². The summed E-state index contributed by atoms with van der Waals surface area (Å²) in [6.07, 6.45) is 2.30. The van der Waals surface area contributed by atoms with Crippen LogP contribution in [0.1, 0.15) is 30.9 Å². The average Bonchev–Trinajstić information content (AvgIpc) is 2.48. The first-order valence-corrected chi connectivity index (χ1v) is 7.81. The minimum atomic E-state index is -0.151. The van der Waals surface area contributed by atoms with Gasteiger partial charge >= 0.3 is 0 Å². The number of hydrogen-bond acceptors (Lipinski definition) is 2. The first kappa shape index (κ1) is 22.1. The van der Waals surface area contributed by atoms with E-state index in [1.54, 1.807) is 13.1 Å². The van der Waals surface area contributed by atoms with Crippen molar-refractivity contribution < 1.29 is 4.39 Å². The van der Waals surface area contributed by atoms with Gasteiger partial charge in [-0.05, 0) is 38.2 Å². The molecule has 0 aromatic heterocycles. The summed E-state index contributed by atoms with van der Waals surface area (Å²) in [5.74, 6) is 0.717. The molecule has 0 aliphatic carbocycles. The minimum Gasteiger partial charge on any atom is -0.352 e. The molecule has 1 aromatic rings. The van der Waals surface area contributed by atoms with Crippen molar-refractivity contribution in [3.63, 3.8) is 0 Å². The lowest BCUT2D eigenvalue weighted by molar-refractivity contribution is 0.392. The molecule has 4 nitrogen and oxygen atoms in total. The molecule has 0 atom stereocenters. The number of rotatable bonds is 7. The van der Waals surface area contributed by atoms with Crippen molar-refractivity contribution in [2.75, 3.05) is 34.7 Å². The van der Waals surface area contributed by atoms with Gasteiger partial charge in [-0.15, -0.1) is 24.0 Å². The van der Waals surface area contributed by atoms with E-state index in [9.17, 15) is 4.39 Å². The molecule has 0 amide bonds. The second-order valence-corrected chi connectivity index (χ2v) is 5.84. The monoisotopic (exact) mass is 436 g/mol. The number of guanidine groups is 1. The van der Waals surface area contributed by atoms with Gasteiger partial charge in [0.25, 0.3) is 0 Å². The summed E-state index contributed by atoms with van der Waals surface area (Å²) in [6.45, 7) is 4.40. The highest BCUT2D eigenvalue weighted by Crippen LogP contribution is 2.12. The zero-order valence-electron chi connectivity index (χ0n) is 14.9. The Labute approximate surface area is 157 Å². The Morgan fingerprint density at radius 3 is 2.52 bits per heavy atom. The van der Waals surface area contributed by atoms with Gasteiger partial charge in [0.05, 0.1) is 0 Å². The molecule has 132 valence electrons. The SMILES string of the molecule is CCCCN(C)C(=NC)NCc1ccc(F)c(CN(C)C)c1.I. The first-order chi connectivity index (χ1) is 10.5. The number of nitrogens with one attached hydrogen (secondary N) is 1. The van der Waals surface area contributed by atoms with Gasteiger partial charge < -0.3 is 15.1 Å². The fourth-order valence-electron chi connectivity index (χ4n) is 2.27. The lowest BCUT2D eigenvalue weighted by Gasteiger charge is -2.22. The molecule has 0 fully saturated rings. The van der Waals surface area contributed by atoms with E-state index in [0.717, 1.165) is 36.5 Å². The second kappa shape index (κ2) is 11.6. The number of benzene rings is 1. The maximum absolute atomic E-state index is 13.8. The molecule has 6 heteroatoms. The third-order valence-electron chi connectivity index (χ3n) is 3.47. The largest absolute Gasteiger partial charge is 0.352 e. The van der Waals surface area contributed by atoms with Crippen molar-refractivity contribution in [1.82, 2.24) is 15.1 Å². The summed E-state index contributed by atoms with van der Waals surface area (Å²) >= 11 is 0. The number of nitrogens with zero attached hydrogens (tertiary/aromatic N) is 3. The van der Waals surface area contributed by atoms with Crippen LogP contribution >= 0.6 is 24.0 Å². The summed E-state index contributed by atoms with van der Waals surface area (Å²) < 4.78 is 13.8. The summed E-state index contributed by atoms with van der Waals surface area (Å²) in [5.41, 5.74) is 1.78. The Morgan fingerprint density at radius 2 is 1.96 bits per heavy atom. The second-order valence-electron chi connectivity index (χ2n) is 5.84. The molecule has 0 aliphatic heterocycles. The molecule has 1 aromatic carbocycles. The van der Waals surface area contributed by atoms with Crippen LogP contribution in [0.2, 0.25) is 0 Å². The van der Waals surface area contributed by atoms with Gasteiger partial charge in [-0.3, -0.25) is 4.99 Å². The van der Waals surface area contributed by atoms with Gasteiger partial charge in [-0.1, -0.05) is 19.4 Å². The van der Waals surface area contributed by atoms with Gasteiger partial charge in [0.15, 0.2) is 5.96 Å². The Balaban J connectivity index is 0.00000484. The summed E-state index contributed by atoms with van der Waals surface area (Å²) in [7, 11) is 7.70. The highest BCUT2D eigenvalue weighted by atomic mass is 127. The zero-order valence-corrected chi connectivity index (χ0v) is 17.2. The third kappa shape index (κ3) is 7.97. The number of aliphatic imine (C=N–C) groups is 1. The van der Waals surface area contributed by atoms with Crippen molar-refractivity contribution in [1.29, 1.82) is 0 Å². The van der Waals surface area contributed by atoms with E-state index in [4.69, 9.17) is 0 Å². The van der Waals surface area contributed by atoms with Crippen molar-refractivity contribution in [3.8, 4) is 0 Å². The molecule has 0 radical (unpaired) electrons. The van der Waals surface area contributed by atoms with E-state index in [2.05, 4.69) is 22.1 Å². The number of unbranched alkanes of at least 4 members (excludes halogenated alkanes) is 1. The number of halogens is 2. The van der Waals surface area contributed by atoms with Gasteiger partial charge in [0.1, 0.15) is 5.82 Å². The lowest BCUT2D eigenvalue weighted by Crippen LogP contribution is -2.39. The fraction of sp³-hybridized carbons (Fsp3) is 0.588. The van der Waals surface area contributed by atoms with Crippen LogP contribution in [0.25, 0.3) is 0 Å². The van der Waals surface area contributed by atoms with Crippen molar-refractivity contribution in [2.45, 2.75) is 32.9 Å². The maximum atomic E-state index is 13.8. The van der Waals surface area contributed by atoms with Crippen LogP contribution in [0.5, 0.6) is 0 Å². The molecule has 0 saturated heterocycles. The zero-order chi connectivity index (χ0) is 16.5. The normalized spacial score (nSPS) is 11.3. The molecule has 0 saturated carbocycles. The smallest absolute Gasteiger partial charge is 0.193 e. The predicted octanol–water partition coefficient (Wildman–Crippen LogP) is 3.31. The molecular formula is C17H30FIN4. The van der Waals surface area contributed by atoms with E-state index >= 15 is 0 Å². The van der Waals surface area contributed by atoms with Crippen LogP contribution in [0.4, 0.5) is 4.39 Å². The molecule has 0 unspecified atom stereocenters. The molecule has 0 spiro atoms. The molecule has 23 heavy (non-hydrogen) atoms. The fourth-order valence-corrected chi connectivity index (χ4v) is 2.27. The molecule has 0 heterocycles. The van der Waals surface area contributed by atoms with Crippen LogP contribution in [-0.2, 0) is 13.1 Å². The van der Waals surface area contributed by atoms with Crippen LogP contribution in [0.15, 0.2) is 23.2 Å². The van der Waals surface area contributed by atoms with Crippen LogP contribution < -0.4 is 5.32 Å². The molecule has 1 N–H and O–H groups in total. The summed E-state index contributed by atoms with van der Waals surface area (Å²) in [5, 5.41) is 3.33. The summed E-state index contributed by atoms with van der Waals surface area (Å²) in [6, 6.07) is 5.28. The highest BCUT2D eigenvalue weighted by Gasteiger charge is 2.07. The lowest BCUT2D eigenvalue weighted by atomic mass is 10.1. The molecular weight excluding hydrogens is 406 g/mol. The van der Waals surface area contributed by atoms with Crippen LogP contribution in [-0.4, -0.2) is 50.5 Å². The first-order valence-electron chi connectivity index (χ1n) is 7.81. The van der Waals surface area contributed by atoms with Crippen LogP contribution in [0, 0.1) is 5.82 Å². The van der Waals surface area contributed by atoms with Gasteiger partial charge in [0.2, 0.25) is 0 Å². The van der Waals surface area contributed by atoms with E-state index in [1.807, 2.05) is 38.2 Å². The van der Waals surface area contributed by atoms with Crippen LogP contribution in [0.3, 0.4) is 0 Å². The Morgan fingerprint density at radius 1 is 1.26 bits per heavy atom. The third-order valence-corrected chi connectivity index (χ3v) is 3.47. The maximum Gasteiger partial charge on any atom is 0.193 e. The van der Waals surface area contributed by atoms with E-state index in [1.165, 1.54) is 0 Å². The van der Waals surface area contributed by atoms with Gasteiger partial charge in [-0.25, -0.2) is 4.39 Å². The topological polar surface area (TPSA) is 30.9 Å². The predicted molar refractivity (Wildman–Crippen MR) is 107 cm³/mol. The Bertz CT molecular complexity index is 491. The molecule has 1 rings (SSSR count). The molecule has 0 aliphatic rings. The van der Waals surface area contributed by atoms with E-state index in [0.29, 0.717) is 13.1 Å². The number of hydrogen-bond donors (Lipinski definition) is 1. The van der Waals surface area contributed by atoms with Gasteiger partial charge in [0, 0.05) is 39.3 Å². The highest BCUT2D eigenvalue weighted by molar-refractivity contribution is 14.0. The quantitative estimate of drug-likeness (QED) is 0.404.